The molecule has 0 saturated heterocycles. The van der Waals surface area contributed by atoms with Crippen LogP contribution in [0.25, 0.3) is 0 Å². The second kappa shape index (κ2) is 6.99. The summed E-state index contributed by atoms with van der Waals surface area (Å²) in [5.41, 5.74) is 6.48. The van der Waals surface area contributed by atoms with Gasteiger partial charge in [-0.2, -0.15) is 0 Å². The Kier molecular flexibility index (Phi) is 5.63. The fourth-order valence-electron chi connectivity index (χ4n) is 1.74. The topological polar surface area (TPSA) is 75.8 Å². The molecule has 0 aliphatic heterocycles. The molecule has 106 valence electrons. The molecular weight excluding hydrogens is 244 g/mol. The lowest BCUT2D eigenvalue weighted by molar-refractivity contribution is -0.130. The maximum absolute atomic E-state index is 11.8. The monoisotopic (exact) mass is 266 g/mol. The van der Waals surface area contributed by atoms with Gasteiger partial charge >= 0.3 is 0 Å². The summed E-state index contributed by atoms with van der Waals surface area (Å²) in [6.07, 6.45) is 1.12. The van der Waals surface area contributed by atoms with Crippen molar-refractivity contribution in [2.24, 2.45) is 5.73 Å². The van der Waals surface area contributed by atoms with Crippen LogP contribution < -0.4 is 10.5 Å². The maximum Gasteiger partial charge on any atom is 0.222 e. The predicted octanol–water partition coefficient (Wildman–Crippen LogP) is 1.49. The van der Waals surface area contributed by atoms with Crippen LogP contribution in [0.3, 0.4) is 0 Å². The van der Waals surface area contributed by atoms with Crippen LogP contribution in [0.4, 0.5) is 0 Å². The normalized spacial score (nSPS) is 12.0. The molecule has 0 aliphatic carbocycles. The number of hydrogen-bond donors (Lipinski definition) is 2. The van der Waals surface area contributed by atoms with Crippen LogP contribution in [0.5, 0.6) is 11.5 Å². The first-order valence-corrected chi connectivity index (χ1v) is 6.29. The number of nitrogens with two attached hydrogens (primary N) is 1. The summed E-state index contributed by atoms with van der Waals surface area (Å²) in [5.74, 6) is 0.554. The Morgan fingerprint density at radius 2 is 2.21 bits per heavy atom. The van der Waals surface area contributed by atoms with Gasteiger partial charge in [0.15, 0.2) is 11.5 Å². The number of ether oxygens (including phenoxy) is 1. The molecule has 0 aliphatic rings. The van der Waals surface area contributed by atoms with Crippen molar-refractivity contribution in [3.63, 3.8) is 0 Å². The number of aromatic hydroxyl groups is 1. The van der Waals surface area contributed by atoms with Crippen molar-refractivity contribution < 1.29 is 14.6 Å². The van der Waals surface area contributed by atoms with E-state index in [4.69, 9.17) is 10.5 Å². The van der Waals surface area contributed by atoms with Gasteiger partial charge in [0.25, 0.3) is 0 Å². The van der Waals surface area contributed by atoms with Crippen molar-refractivity contribution in [1.29, 1.82) is 0 Å². The Hall–Kier alpha value is -1.75. The predicted molar refractivity (Wildman–Crippen MR) is 74.0 cm³/mol. The summed E-state index contributed by atoms with van der Waals surface area (Å²) >= 11 is 0. The van der Waals surface area contributed by atoms with Gasteiger partial charge in [0.2, 0.25) is 5.91 Å². The zero-order chi connectivity index (χ0) is 14.4. The molecule has 3 N–H and O–H groups in total. The van der Waals surface area contributed by atoms with E-state index in [1.807, 2.05) is 13.0 Å². The lowest BCUT2D eigenvalue weighted by Gasteiger charge is -2.18. The van der Waals surface area contributed by atoms with E-state index in [1.54, 1.807) is 24.1 Å². The molecule has 1 atom stereocenters. The molecule has 0 radical (unpaired) electrons. The van der Waals surface area contributed by atoms with E-state index in [2.05, 4.69) is 0 Å². The molecule has 1 aromatic carbocycles. The second-order valence-electron chi connectivity index (χ2n) is 4.77. The molecule has 0 spiro atoms. The molecule has 0 fully saturated rings. The number of amides is 1. The third-order valence-corrected chi connectivity index (χ3v) is 2.90. The summed E-state index contributed by atoms with van der Waals surface area (Å²) < 4.78 is 4.97. The van der Waals surface area contributed by atoms with Crippen molar-refractivity contribution in [3.8, 4) is 11.5 Å². The Morgan fingerprint density at radius 3 is 2.74 bits per heavy atom. The first-order chi connectivity index (χ1) is 8.93. The molecule has 19 heavy (non-hydrogen) atoms. The van der Waals surface area contributed by atoms with Crippen LogP contribution in [-0.4, -0.2) is 36.1 Å². The van der Waals surface area contributed by atoms with Crippen LogP contribution in [0.2, 0.25) is 0 Å². The van der Waals surface area contributed by atoms with E-state index < -0.39 is 0 Å². The molecule has 1 rings (SSSR count). The fraction of sp³-hybridized carbons (Fsp3) is 0.500. The first-order valence-electron chi connectivity index (χ1n) is 6.29. The van der Waals surface area contributed by atoms with E-state index in [9.17, 15) is 9.90 Å². The average molecular weight is 266 g/mol. The van der Waals surface area contributed by atoms with E-state index in [0.717, 1.165) is 5.56 Å². The number of nitrogens with zero attached hydrogens (tertiary/aromatic N) is 1. The molecule has 0 aromatic heterocycles. The summed E-state index contributed by atoms with van der Waals surface area (Å²) in [6, 6.07) is 5.15. The summed E-state index contributed by atoms with van der Waals surface area (Å²) in [4.78, 5) is 13.5. The quantitative estimate of drug-likeness (QED) is 0.818. The van der Waals surface area contributed by atoms with Crippen molar-refractivity contribution in [1.82, 2.24) is 4.90 Å². The summed E-state index contributed by atoms with van der Waals surface area (Å²) in [7, 11) is 3.24. The van der Waals surface area contributed by atoms with Crippen LogP contribution >= 0.6 is 0 Å². The number of phenolic OH excluding ortho intramolecular Hbond substituents is 1. The number of phenols is 1. The largest absolute Gasteiger partial charge is 0.504 e. The molecule has 0 heterocycles. The standard InChI is InChI=1S/C14H22N2O3/c1-10(15)4-7-14(18)16(2)9-11-5-6-13(19-3)12(17)8-11/h5-6,8,10,17H,4,7,9,15H2,1-3H3. The Bertz CT molecular complexity index is 433. The third kappa shape index (κ3) is 4.79. The van der Waals surface area contributed by atoms with Gasteiger partial charge < -0.3 is 20.5 Å². The highest BCUT2D eigenvalue weighted by Gasteiger charge is 2.11. The minimum Gasteiger partial charge on any atom is -0.504 e. The van der Waals surface area contributed by atoms with Crippen molar-refractivity contribution in [2.45, 2.75) is 32.4 Å². The van der Waals surface area contributed by atoms with Crippen LogP contribution in [0.1, 0.15) is 25.3 Å². The first kappa shape index (κ1) is 15.3. The Labute approximate surface area is 114 Å². The van der Waals surface area contributed by atoms with Gasteiger partial charge in [-0.1, -0.05) is 6.07 Å². The molecular formula is C14H22N2O3. The van der Waals surface area contributed by atoms with Gasteiger partial charge in [0.05, 0.1) is 7.11 Å². The van der Waals surface area contributed by atoms with Crippen molar-refractivity contribution in [3.05, 3.63) is 23.8 Å². The lowest BCUT2D eigenvalue weighted by atomic mass is 10.1. The molecule has 5 heteroatoms. The highest BCUT2D eigenvalue weighted by atomic mass is 16.5. The van der Waals surface area contributed by atoms with Gasteiger partial charge in [-0.3, -0.25) is 4.79 Å². The fourth-order valence-corrected chi connectivity index (χ4v) is 1.74. The lowest BCUT2D eigenvalue weighted by Crippen LogP contribution is -2.27. The SMILES string of the molecule is COc1ccc(CN(C)C(=O)CCC(C)N)cc1O. The van der Waals surface area contributed by atoms with Crippen molar-refractivity contribution in [2.75, 3.05) is 14.2 Å². The van der Waals surface area contributed by atoms with E-state index in [1.165, 1.54) is 7.11 Å². The zero-order valence-corrected chi connectivity index (χ0v) is 11.7. The number of carbonyl (C=O) groups is 1. The van der Waals surface area contributed by atoms with E-state index in [0.29, 0.717) is 25.1 Å². The van der Waals surface area contributed by atoms with E-state index in [-0.39, 0.29) is 17.7 Å². The number of hydrogen-bond acceptors (Lipinski definition) is 4. The maximum atomic E-state index is 11.8. The number of benzene rings is 1. The van der Waals surface area contributed by atoms with Gasteiger partial charge in [0, 0.05) is 26.1 Å². The second-order valence-corrected chi connectivity index (χ2v) is 4.77. The molecule has 1 aromatic rings. The van der Waals surface area contributed by atoms with Crippen molar-refractivity contribution >= 4 is 5.91 Å². The molecule has 0 saturated carbocycles. The Balaban J connectivity index is 2.58. The molecule has 5 nitrogen and oxygen atoms in total. The minimum atomic E-state index is 0.0300. The minimum absolute atomic E-state index is 0.0300. The van der Waals surface area contributed by atoms with Gasteiger partial charge in [-0.15, -0.1) is 0 Å². The van der Waals surface area contributed by atoms with Gasteiger partial charge in [-0.25, -0.2) is 0 Å². The van der Waals surface area contributed by atoms with Crippen LogP contribution in [0, 0.1) is 0 Å². The average Bonchev–Trinajstić information content (AvgIpc) is 2.36. The Morgan fingerprint density at radius 1 is 1.53 bits per heavy atom. The summed E-state index contributed by atoms with van der Waals surface area (Å²) in [5, 5.41) is 9.67. The van der Waals surface area contributed by atoms with Gasteiger partial charge in [0.1, 0.15) is 0 Å². The zero-order valence-electron chi connectivity index (χ0n) is 11.7. The van der Waals surface area contributed by atoms with E-state index >= 15 is 0 Å². The third-order valence-electron chi connectivity index (χ3n) is 2.90. The molecule has 1 unspecified atom stereocenters. The van der Waals surface area contributed by atoms with Crippen LogP contribution in [0.15, 0.2) is 18.2 Å². The highest BCUT2D eigenvalue weighted by molar-refractivity contribution is 5.75. The highest BCUT2D eigenvalue weighted by Crippen LogP contribution is 2.26. The summed E-state index contributed by atoms with van der Waals surface area (Å²) in [6.45, 7) is 2.34. The number of methoxy groups -OCH3 is 1. The number of carbonyl (C=O) groups excluding carboxylic acids is 1. The molecule has 0 bridgehead atoms. The number of rotatable bonds is 6. The molecule has 1 amide bonds. The van der Waals surface area contributed by atoms with Gasteiger partial charge in [-0.05, 0) is 31.0 Å². The van der Waals surface area contributed by atoms with Crippen LogP contribution in [-0.2, 0) is 11.3 Å². The smallest absolute Gasteiger partial charge is 0.222 e.